The molecule has 2 N–H and O–H groups in total. The van der Waals surface area contributed by atoms with Crippen LogP contribution in [0.2, 0.25) is 0 Å². The summed E-state index contributed by atoms with van der Waals surface area (Å²) in [4.78, 5) is 27.0. The minimum absolute atomic E-state index is 0.124. The highest BCUT2D eigenvalue weighted by Gasteiger charge is 2.13. The number of rotatable bonds is 7. The smallest absolute Gasteiger partial charge is 0.238 e. The number of amides is 2. The van der Waals surface area contributed by atoms with Gasteiger partial charge >= 0.3 is 0 Å². The Balaban J connectivity index is 1.85. The van der Waals surface area contributed by atoms with E-state index in [4.69, 9.17) is 0 Å². The van der Waals surface area contributed by atoms with E-state index < -0.39 is 0 Å². The molecule has 7 heteroatoms. The molecule has 0 aliphatic heterocycles. The van der Waals surface area contributed by atoms with Crippen LogP contribution in [0.1, 0.15) is 0 Å². The second-order valence-corrected chi connectivity index (χ2v) is 7.15. The molecule has 0 fully saturated rings. The Morgan fingerprint density at radius 3 is 2.08 bits per heavy atom. The highest BCUT2D eigenvalue weighted by Crippen LogP contribution is 2.24. The predicted molar refractivity (Wildman–Crippen MR) is 107 cm³/mol. The molecule has 2 aromatic carbocycles. The van der Waals surface area contributed by atoms with Gasteiger partial charge in [0.2, 0.25) is 11.8 Å². The van der Waals surface area contributed by atoms with Gasteiger partial charge in [0.1, 0.15) is 0 Å². The van der Waals surface area contributed by atoms with Gasteiger partial charge in [0.05, 0.1) is 24.5 Å². The first-order valence-electron chi connectivity index (χ1n) is 7.65. The van der Waals surface area contributed by atoms with Crippen LogP contribution in [0.4, 0.5) is 11.4 Å². The molecule has 132 valence electrons. The molecule has 0 heterocycles. The molecule has 2 amide bonds. The van der Waals surface area contributed by atoms with Crippen LogP contribution in [0.25, 0.3) is 0 Å². The predicted octanol–water partition coefficient (Wildman–Crippen LogP) is 3.68. The number of nitrogens with zero attached hydrogens (tertiary/aromatic N) is 1. The van der Waals surface area contributed by atoms with Crippen molar-refractivity contribution in [3.63, 3.8) is 0 Å². The van der Waals surface area contributed by atoms with Crippen LogP contribution in [0, 0.1) is 0 Å². The van der Waals surface area contributed by atoms with Crippen LogP contribution < -0.4 is 10.6 Å². The van der Waals surface area contributed by atoms with E-state index in [0.29, 0.717) is 5.69 Å². The van der Waals surface area contributed by atoms with Crippen LogP contribution in [-0.4, -0.2) is 43.1 Å². The Labute approximate surface area is 160 Å². The molecule has 0 atom stereocenters. The largest absolute Gasteiger partial charge is 0.324 e. The van der Waals surface area contributed by atoms with E-state index >= 15 is 0 Å². The summed E-state index contributed by atoms with van der Waals surface area (Å²) in [5, 5.41) is 5.70. The van der Waals surface area contributed by atoms with Crippen molar-refractivity contribution in [2.45, 2.75) is 4.90 Å². The quantitative estimate of drug-likeness (QED) is 0.669. The Morgan fingerprint density at radius 2 is 1.48 bits per heavy atom. The molecule has 0 radical (unpaired) electrons. The average Bonchev–Trinajstić information content (AvgIpc) is 2.57. The van der Waals surface area contributed by atoms with Crippen molar-refractivity contribution in [1.82, 2.24) is 4.90 Å². The third-order valence-electron chi connectivity index (χ3n) is 3.36. The number of nitrogens with one attached hydrogen (secondary N) is 2. The summed E-state index contributed by atoms with van der Waals surface area (Å²) in [5.41, 5.74) is 1.49. The number of carbonyl (C=O) groups is 2. The summed E-state index contributed by atoms with van der Waals surface area (Å²) in [6.45, 7) is 0.255. The van der Waals surface area contributed by atoms with Crippen molar-refractivity contribution < 1.29 is 9.59 Å². The molecule has 2 aromatic rings. The summed E-state index contributed by atoms with van der Waals surface area (Å²) in [6.07, 6.45) is 1.96. The summed E-state index contributed by atoms with van der Waals surface area (Å²) in [6, 6.07) is 15.0. The van der Waals surface area contributed by atoms with Gasteiger partial charge in [-0.1, -0.05) is 24.3 Å². The van der Waals surface area contributed by atoms with Gasteiger partial charge in [-0.25, -0.2) is 0 Å². The molecule has 5 nitrogen and oxygen atoms in total. The zero-order valence-corrected chi connectivity index (χ0v) is 16.5. The van der Waals surface area contributed by atoms with Gasteiger partial charge in [-0.3, -0.25) is 14.5 Å². The maximum Gasteiger partial charge on any atom is 0.238 e. The van der Waals surface area contributed by atoms with Crippen LogP contribution in [0.3, 0.4) is 0 Å². The highest BCUT2D eigenvalue weighted by molar-refractivity contribution is 9.10. The third kappa shape index (κ3) is 6.19. The van der Waals surface area contributed by atoms with Gasteiger partial charge in [0.15, 0.2) is 0 Å². The minimum Gasteiger partial charge on any atom is -0.324 e. The number of hydrogen-bond donors (Lipinski definition) is 2. The fourth-order valence-electron chi connectivity index (χ4n) is 2.24. The second kappa shape index (κ2) is 9.60. The van der Waals surface area contributed by atoms with Gasteiger partial charge in [-0.2, -0.15) is 0 Å². The zero-order valence-electron chi connectivity index (χ0n) is 14.1. The van der Waals surface area contributed by atoms with E-state index in [1.54, 1.807) is 23.7 Å². The molecular weight excluding hydrogens is 402 g/mol. The summed E-state index contributed by atoms with van der Waals surface area (Å²) in [7, 11) is 1.74. The van der Waals surface area contributed by atoms with E-state index in [2.05, 4.69) is 26.6 Å². The van der Waals surface area contributed by atoms with Crippen molar-refractivity contribution in [3.05, 3.63) is 53.0 Å². The number of para-hydroxylation sites is 2. The topological polar surface area (TPSA) is 61.4 Å². The minimum atomic E-state index is -0.174. The fourth-order valence-corrected chi connectivity index (χ4v) is 3.17. The number of hydrogen-bond acceptors (Lipinski definition) is 4. The van der Waals surface area contributed by atoms with Gasteiger partial charge in [0.25, 0.3) is 0 Å². The molecule has 0 aliphatic rings. The van der Waals surface area contributed by atoms with Crippen LogP contribution in [0.5, 0.6) is 0 Å². The molecule has 0 saturated heterocycles. The van der Waals surface area contributed by atoms with Crippen LogP contribution in [-0.2, 0) is 9.59 Å². The number of likely N-dealkylation sites (N-methyl/N-ethyl adjacent to an activating group) is 1. The Hall–Kier alpha value is -1.83. The van der Waals surface area contributed by atoms with Crippen molar-refractivity contribution >= 4 is 50.9 Å². The maximum atomic E-state index is 12.2. The van der Waals surface area contributed by atoms with E-state index in [1.165, 1.54) is 0 Å². The monoisotopic (exact) mass is 421 g/mol. The average molecular weight is 422 g/mol. The summed E-state index contributed by atoms with van der Waals surface area (Å²) >= 11 is 4.96. The van der Waals surface area contributed by atoms with Gasteiger partial charge < -0.3 is 10.6 Å². The third-order valence-corrected chi connectivity index (χ3v) is 4.84. The summed E-state index contributed by atoms with van der Waals surface area (Å²) in [5.74, 6) is -0.329. The fraction of sp³-hybridized carbons (Fsp3) is 0.222. The lowest BCUT2D eigenvalue weighted by molar-refractivity contribution is -0.119. The Kier molecular flexibility index (Phi) is 7.49. The maximum absolute atomic E-state index is 12.2. The molecular formula is C18H20BrN3O2S. The standard InChI is InChI=1S/C18H20BrN3O2S/c1-22(11-17(23)20-14-8-4-3-7-13(14)19)12-18(24)21-15-9-5-6-10-16(15)25-2/h3-10H,11-12H2,1-2H3,(H,20,23)(H,21,24). The lowest BCUT2D eigenvalue weighted by Crippen LogP contribution is -2.36. The molecule has 0 bridgehead atoms. The van der Waals surface area contributed by atoms with Gasteiger partial charge in [-0.15, -0.1) is 11.8 Å². The van der Waals surface area contributed by atoms with E-state index in [9.17, 15) is 9.59 Å². The molecule has 0 saturated carbocycles. The van der Waals surface area contributed by atoms with Crippen molar-refractivity contribution in [2.24, 2.45) is 0 Å². The SMILES string of the molecule is CSc1ccccc1NC(=O)CN(C)CC(=O)Nc1ccccc1Br. The number of halogens is 1. The Bertz CT molecular complexity index is 755. The molecule has 0 spiro atoms. The van der Waals surface area contributed by atoms with Crippen molar-refractivity contribution in [2.75, 3.05) is 37.0 Å². The lowest BCUT2D eigenvalue weighted by atomic mass is 10.3. The highest BCUT2D eigenvalue weighted by atomic mass is 79.9. The molecule has 0 unspecified atom stereocenters. The number of thioether (sulfide) groups is 1. The van der Waals surface area contributed by atoms with Crippen molar-refractivity contribution in [1.29, 1.82) is 0 Å². The van der Waals surface area contributed by atoms with E-state index in [0.717, 1.165) is 15.1 Å². The first-order chi connectivity index (χ1) is 12.0. The molecule has 25 heavy (non-hydrogen) atoms. The second-order valence-electron chi connectivity index (χ2n) is 5.45. The number of carbonyl (C=O) groups excluding carboxylic acids is 2. The first-order valence-corrected chi connectivity index (χ1v) is 9.67. The summed E-state index contributed by atoms with van der Waals surface area (Å²) < 4.78 is 0.817. The van der Waals surface area contributed by atoms with Crippen LogP contribution >= 0.6 is 27.7 Å². The van der Waals surface area contributed by atoms with E-state index in [-0.39, 0.29) is 24.9 Å². The van der Waals surface area contributed by atoms with Crippen molar-refractivity contribution in [3.8, 4) is 0 Å². The van der Waals surface area contributed by atoms with Crippen LogP contribution in [0.15, 0.2) is 57.9 Å². The van der Waals surface area contributed by atoms with E-state index in [1.807, 2.05) is 54.8 Å². The normalized spacial score (nSPS) is 10.6. The Morgan fingerprint density at radius 1 is 0.960 bits per heavy atom. The first kappa shape index (κ1) is 19.5. The van der Waals surface area contributed by atoms with Gasteiger partial charge in [0, 0.05) is 9.37 Å². The molecule has 2 rings (SSSR count). The van der Waals surface area contributed by atoms with Gasteiger partial charge in [-0.05, 0) is 53.5 Å². The molecule has 0 aliphatic carbocycles. The lowest BCUT2D eigenvalue weighted by Gasteiger charge is -2.17. The number of anilines is 2. The molecule has 0 aromatic heterocycles. The zero-order chi connectivity index (χ0) is 18.2. The number of benzene rings is 2.